The van der Waals surface area contributed by atoms with Gasteiger partial charge in [-0.15, -0.1) is 0 Å². The van der Waals surface area contributed by atoms with E-state index in [1.165, 1.54) is 0 Å². The Kier molecular flexibility index (Phi) is 2.86. The molecule has 1 spiro atoms. The number of nitrogens with zero attached hydrogens (tertiary/aromatic N) is 1. The predicted octanol–water partition coefficient (Wildman–Crippen LogP) is 2.49. The lowest BCUT2D eigenvalue weighted by Crippen LogP contribution is -2.50. The third kappa shape index (κ3) is 1.92. The highest BCUT2D eigenvalue weighted by atomic mass is 32.2. The zero-order chi connectivity index (χ0) is 12.6. The minimum atomic E-state index is -0.262. The van der Waals surface area contributed by atoms with Crippen LogP contribution in [0, 0.1) is 0 Å². The molecule has 1 atom stereocenters. The molecule has 2 N–H and O–H groups in total. The van der Waals surface area contributed by atoms with Gasteiger partial charge in [0.15, 0.2) is 0 Å². The lowest BCUT2D eigenvalue weighted by atomic mass is 9.97. The van der Waals surface area contributed by atoms with E-state index in [2.05, 4.69) is 0 Å². The van der Waals surface area contributed by atoms with Gasteiger partial charge < -0.3 is 10.5 Å². The molecule has 1 aromatic rings. The van der Waals surface area contributed by atoms with Gasteiger partial charge in [-0.05, 0) is 24.3 Å². The molecule has 2 heterocycles. The van der Waals surface area contributed by atoms with Gasteiger partial charge in [-0.3, -0.25) is 4.90 Å². The maximum atomic E-state index is 12.1. The van der Waals surface area contributed by atoms with E-state index >= 15 is 0 Å². The summed E-state index contributed by atoms with van der Waals surface area (Å²) in [6, 6.07) is 7.41. The van der Waals surface area contributed by atoms with Crippen LogP contribution in [0.3, 0.4) is 0 Å². The van der Waals surface area contributed by atoms with Crippen molar-refractivity contribution in [2.24, 2.45) is 0 Å². The molecular weight excluding hydrogens is 248 g/mol. The second kappa shape index (κ2) is 4.39. The third-order valence-corrected chi connectivity index (χ3v) is 4.83. The summed E-state index contributed by atoms with van der Waals surface area (Å²) < 4.78 is 5.67. The second-order valence-electron chi connectivity index (χ2n) is 4.81. The average Bonchev–Trinajstić information content (AvgIpc) is 2.79. The lowest BCUT2D eigenvalue weighted by molar-refractivity contribution is 0.0153. The van der Waals surface area contributed by atoms with Gasteiger partial charge >= 0.3 is 6.09 Å². The van der Waals surface area contributed by atoms with Crippen LogP contribution in [0.4, 0.5) is 16.2 Å². The smallest absolute Gasteiger partial charge is 0.414 e. The molecule has 1 amide bonds. The van der Waals surface area contributed by atoms with Crippen LogP contribution in [0.25, 0.3) is 0 Å². The fourth-order valence-corrected chi connectivity index (χ4v) is 3.90. The summed E-state index contributed by atoms with van der Waals surface area (Å²) in [6.45, 7) is 0.688. The quantitative estimate of drug-likeness (QED) is 0.792. The van der Waals surface area contributed by atoms with E-state index in [1.54, 1.807) is 11.0 Å². The lowest BCUT2D eigenvalue weighted by Gasteiger charge is -2.38. The molecule has 2 fully saturated rings. The Bertz CT molecular complexity index is 472. The molecule has 0 radical (unpaired) electrons. The van der Waals surface area contributed by atoms with Crippen LogP contribution in [0.15, 0.2) is 24.3 Å². The highest BCUT2D eigenvalue weighted by Gasteiger charge is 2.43. The van der Waals surface area contributed by atoms with E-state index in [4.69, 9.17) is 10.5 Å². The number of rotatable bonds is 1. The molecule has 0 saturated carbocycles. The summed E-state index contributed by atoms with van der Waals surface area (Å²) in [5, 5.41) is 0. The first-order chi connectivity index (χ1) is 8.70. The normalized spacial score (nSPS) is 27.6. The number of carbonyl (C=O) groups is 1. The molecule has 2 aliphatic heterocycles. The Morgan fingerprint density at radius 1 is 1.33 bits per heavy atom. The molecule has 2 aliphatic rings. The molecule has 4 nitrogen and oxygen atoms in total. The van der Waals surface area contributed by atoms with Crippen molar-refractivity contribution in [3.63, 3.8) is 0 Å². The van der Waals surface area contributed by atoms with Crippen molar-refractivity contribution in [3.8, 4) is 0 Å². The van der Waals surface area contributed by atoms with Gasteiger partial charge in [0.1, 0.15) is 5.60 Å². The summed E-state index contributed by atoms with van der Waals surface area (Å²) in [5.74, 6) is 2.01. The zero-order valence-electron chi connectivity index (χ0n) is 10.1. The first-order valence-electron chi connectivity index (χ1n) is 6.13. The molecule has 96 valence electrons. The Labute approximate surface area is 110 Å². The van der Waals surface area contributed by atoms with Crippen LogP contribution < -0.4 is 10.6 Å². The molecule has 3 rings (SSSR count). The Hall–Kier alpha value is -1.36. The number of anilines is 2. The number of nitrogens with two attached hydrogens (primary N) is 1. The number of ether oxygens (including phenoxy) is 1. The minimum Gasteiger partial charge on any atom is -0.442 e. The molecule has 18 heavy (non-hydrogen) atoms. The average molecular weight is 264 g/mol. The van der Waals surface area contributed by atoms with Gasteiger partial charge in [-0.1, -0.05) is 12.1 Å². The van der Waals surface area contributed by atoms with Crippen LogP contribution in [-0.2, 0) is 4.74 Å². The fraction of sp³-hybridized carbons (Fsp3) is 0.462. The summed E-state index contributed by atoms with van der Waals surface area (Å²) in [4.78, 5) is 13.8. The van der Waals surface area contributed by atoms with Crippen LogP contribution in [0.2, 0.25) is 0 Å². The minimum absolute atomic E-state index is 0.220. The van der Waals surface area contributed by atoms with E-state index in [1.807, 2.05) is 30.0 Å². The van der Waals surface area contributed by atoms with Crippen molar-refractivity contribution in [2.45, 2.75) is 18.4 Å². The summed E-state index contributed by atoms with van der Waals surface area (Å²) >= 11 is 1.86. The number of hydrogen-bond acceptors (Lipinski definition) is 4. The van der Waals surface area contributed by atoms with Crippen molar-refractivity contribution in [2.75, 3.05) is 28.7 Å². The van der Waals surface area contributed by atoms with Crippen LogP contribution in [0.5, 0.6) is 0 Å². The molecule has 0 aromatic heterocycles. The highest BCUT2D eigenvalue weighted by molar-refractivity contribution is 7.99. The fourth-order valence-electron chi connectivity index (χ4n) is 2.52. The van der Waals surface area contributed by atoms with Crippen LogP contribution >= 0.6 is 11.8 Å². The van der Waals surface area contributed by atoms with E-state index < -0.39 is 0 Å². The molecule has 0 aliphatic carbocycles. The SMILES string of the molecule is Nc1ccccc1N1CCC2(CCSC2)OC1=O. The standard InChI is InChI=1S/C13H16N2O2S/c14-10-3-1-2-4-11(10)15-7-5-13(17-12(15)16)6-8-18-9-13/h1-4H,5-9,14H2. The number of carbonyl (C=O) groups excluding carboxylic acids is 1. The van der Waals surface area contributed by atoms with Gasteiger partial charge in [0, 0.05) is 18.7 Å². The topological polar surface area (TPSA) is 55.6 Å². The monoisotopic (exact) mass is 264 g/mol. The first-order valence-corrected chi connectivity index (χ1v) is 7.28. The van der Waals surface area contributed by atoms with E-state index in [-0.39, 0.29) is 11.7 Å². The van der Waals surface area contributed by atoms with Gasteiger partial charge in [-0.2, -0.15) is 11.8 Å². The Morgan fingerprint density at radius 2 is 2.17 bits per heavy atom. The van der Waals surface area contributed by atoms with Crippen molar-refractivity contribution in [1.82, 2.24) is 0 Å². The molecule has 5 heteroatoms. The Morgan fingerprint density at radius 3 is 2.83 bits per heavy atom. The van der Waals surface area contributed by atoms with Gasteiger partial charge in [-0.25, -0.2) is 4.79 Å². The van der Waals surface area contributed by atoms with Crippen molar-refractivity contribution < 1.29 is 9.53 Å². The number of benzene rings is 1. The maximum Gasteiger partial charge on any atom is 0.414 e. The Balaban J connectivity index is 1.81. The highest BCUT2D eigenvalue weighted by Crippen LogP contribution is 2.39. The predicted molar refractivity (Wildman–Crippen MR) is 74.0 cm³/mol. The molecule has 1 aromatic carbocycles. The van der Waals surface area contributed by atoms with Crippen molar-refractivity contribution >= 4 is 29.2 Å². The third-order valence-electron chi connectivity index (χ3n) is 3.61. The number of hydrogen-bond donors (Lipinski definition) is 1. The van der Waals surface area contributed by atoms with Crippen LogP contribution in [0.1, 0.15) is 12.8 Å². The van der Waals surface area contributed by atoms with Crippen LogP contribution in [-0.4, -0.2) is 29.7 Å². The summed E-state index contributed by atoms with van der Waals surface area (Å²) in [6.07, 6.45) is 1.60. The van der Waals surface area contributed by atoms with Gasteiger partial charge in [0.25, 0.3) is 0 Å². The summed E-state index contributed by atoms with van der Waals surface area (Å²) in [7, 11) is 0. The van der Waals surface area contributed by atoms with Crippen molar-refractivity contribution in [3.05, 3.63) is 24.3 Å². The first kappa shape index (κ1) is 11.7. The zero-order valence-corrected chi connectivity index (χ0v) is 10.9. The largest absolute Gasteiger partial charge is 0.442 e. The summed E-state index contributed by atoms with van der Waals surface area (Å²) in [5.41, 5.74) is 7.05. The van der Waals surface area contributed by atoms with Gasteiger partial charge in [0.05, 0.1) is 11.4 Å². The maximum absolute atomic E-state index is 12.1. The van der Waals surface area contributed by atoms with E-state index in [9.17, 15) is 4.79 Å². The molecule has 1 unspecified atom stereocenters. The van der Waals surface area contributed by atoms with E-state index in [0.717, 1.165) is 30.0 Å². The van der Waals surface area contributed by atoms with Crippen molar-refractivity contribution in [1.29, 1.82) is 0 Å². The second-order valence-corrected chi connectivity index (χ2v) is 5.92. The van der Waals surface area contributed by atoms with Gasteiger partial charge in [0.2, 0.25) is 0 Å². The number of nitrogen functional groups attached to an aromatic ring is 1. The molecule has 0 bridgehead atoms. The number of amides is 1. The molecule has 2 saturated heterocycles. The van der Waals surface area contributed by atoms with E-state index in [0.29, 0.717) is 12.2 Å². The number of thioether (sulfide) groups is 1. The molecular formula is C13H16N2O2S. The number of para-hydroxylation sites is 2.